The number of aromatic nitrogens is 4. The van der Waals surface area contributed by atoms with Crippen LogP contribution in [0.1, 0.15) is 53.7 Å². The van der Waals surface area contributed by atoms with Crippen molar-refractivity contribution in [1.82, 2.24) is 35.1 Å². The van der Waals surface area contributed by atoms with Gasteiger partial charge in [0, 0.05) is 25.6 Å². The van der Waals surface area contributed by atoms with Crippen molar-refractivity contribution in [2.24, 2.45) is 0 Å². The maximum atomic E-state index is 13.3. The molecule has 4 aromatic rings. The van der Waals surface area contributed by atoms with E-state index >= 15 is 0 Å². The van der Waals surface area contributed by atoms with Crippen LogP contribution in [0.15, 0.2) is 67.0 Å². The van der Waals surface area contributed by atoms with Crippen LogP contribution in [0, 0.1) is 0 Å². The molecule has 2 amide bonds. The molecule has 1 aliphatic heterocycles. The fourth-order valence-electron chi connectivity index (χ4n) is 5.54. The first-order chi connectivity index (χ1) is 22.3. The van der Waals surface area contributed by atoms with Crippen molar-refractivity contribution < 1.29 is 24.5 Å². The summed E-state index contributed by atoms with van der Waals surface area (Å²) in [6.07, 6.45) is -2.30. The molecule has 0 unspecified atom stereocenters. The van der Waals surface area contributed by atoms with Gasteiger partial charge in [-0.25, -0.2) is 15.0 Å². The molecule has 4 atom stereocenters. The Morgan fingerprint density at radius 2 is 1.63 bits per heavy atom. The van der Waals surface area contributed by atoms with Crippen molar-refractivity contribution in [2.75, 3.05) is 45.6 Å². The number of fused-ring (bicyclic) bond motifs is 1. The van der Waals surface area contributed by atoms with E-state index in [4.69, 9.17) is 4.74 Å². The van der Waals surface area contributed by atoms with Crippen molar-refractivity contribution in [3.05, 3.63) is 83.9 Å². The van der Waals surface area contributed by atoms with E-state index in [1.165, 1.54) is 10.9 Å². The number of hydrogen-bond acceptors (Lipinski definition) is 10. The molecule has 1 fully saturated rings. The molecule has 0 saturated carbocycles. The van der Waals surface area contributed by atoms with E-state index in [0.717, 1.165) is 30.5 Å². The highest BCUT2D eigenvalue weighted by Crippen LogP contribution is 2.33. The molecule has 0 aliphatic carbocycles. The molecule has 13 heteroatoms. The van der Waals surface area contributed by atoms with Gasteiger partial charge in [0.1, 0.15) is 12.2 Å². The first kappa shape index (κ1) is 32.9. The van der Waals surface area contributed by atoms with Crippen LogP contribution in [-0.2, 0) is 9.53 Å². The lowest BCUT2D eigenvalue weighted by molar-refractivity contribution is -0.137. The van der Waals surface area contributed by atoms with Crippen molar-refractivity contribution in [2.45, 2.75) is 50.2 Å². The highest BCUT2D eigenvalue weighted by atomic mass is 16.6. The number of rotatable bonds is 14. The van der Waals surface area contributed by atoms with Gasteiger partial charge in [-0.05, 0) is 51.5 Å². The lowest BCUT2D eigenvalue weighted by Gasteiger charge is -2.20. The molecule has 5 N–H and O–H groups in total. The van der Waals surface area contributed by atoms with Crippen LogP contribution in [0.3, 0.4) is 0 Å². The van der Waals surface area contributed by atoms with Crippen molar-refractivity contribution >= 4 is 28.8 Å². The monoisotopic (exact) mass is 630 g/mol. The Morgan fingerprint density at radius 3 is 2.26 bits per heavy atom. The van der Waals surface area contributed by atoms with Crippen LogP contribution < -0.4 is 16.0 Å². The number of anilines is 1. The number of ether oxygens (including phenoxy) is 1. The van der Waals surface area contributed by atoms with Crippen molar-refractivity contribution in [3.8, 4) is 0 Å². The zero-order valence-corrected chi connectivity index (χ0v) is 26.3. The largest absolute Gasteiger partial charge is 0.387 e. The third kappa shape index (κ3) is 7.50. The van der Waals surface area contributed by atoms with Crippen LogP contribution in [0.25, 0.3) is 11.2 Å². The second kappa shape index (κ2) is 15.2. The fraction of sp³-hybridized carbons (Fsp3) is 0.424. The number of carbonyl (C=O) groups is 2. The molecule has 0 bridgehead atoms. The smallest absolute Gasteiger partial charge is 0.289 e. The molecule has 0 spiro atoms. The summed E-state index contributed by atoms with van der Waals surface area (Å²) in [5.41, 5.74) is 2.74. The molecule has 2 aromatic carbocycles. The molecular formula is C33H42N8O5. The second-order valence-electron chi connectivity index (χ2n) is 11.6. The third-order valence-electron chi connectivity index (χ3n) is 7.94. The van der Waals surface area contributed by atoms with E-state index < -0.39 is 36.4 Å². The van der Waals surface area contributed by atoms with E-state index in [-0.39, 0.29) is 17.4 Å². The minimum absolute atomic E-state index is 0.0450. The Bertz CT molecular complexity index is 1560. The maximum absolute atomic E-state index is 13.3. The summed E-state index contributed by atoms with van der Waals surface area (Å²) in [7, 11) is 4.00. The van der Waals surface area contributed by atoms with E-state index in [0.29, 0.717) is 31.0 Å². The Labute approximate surface area is 268 Å². The highest BCUT2D eigenvalue weighted by molar-refractivity contribution is 5.94. The third-order valence-corrected chi connectivity index (χ3v) is 7.94. The lowest BCUT2D eigenvalue weighted by atomic mass is 9.91. The molecule has 0 radical (unpaired) electrons. The minimum Gasteiger partial charge on any atom is -0.387 e. The van der Waals surface area contributed by atoms with E-state index in [1.54, 1.807) is 6.92 Å². The van der Waals surface area contributed by atoms with Gasteiger partial charge in [-0.2, -0.15) is 0 Å². The number of nitrogens with zero attached hydrogens (tertiary/aromatic N) is 5. The number of nitrogens with one attached hydrogen (secondary N) is 3. The quantitative estimate of drug-likeness (QED) is 0.130. The summed E-state index contributed by atoms with van der Waals surface area (Å²) in [6, 6.07) is 20.2. The number of likely N-dealkylation sites (N-methyl/N-ethyl adjacent to an activating group) is 1. The first-order valence-electron chi connectivity index (χ1n) is 15.6. The van der Waals surface area contributed by atoms with Gasteiger partial charge in [0.15, 0.2) is 29.3 Å². The summed E-state index contributed by atoms with van der Waals surface area (Å²) in [5, 5.41) is 30.5. The van der Waals surface area contributed by atoms with Gasteiger partial charge in [0.25, 0.3) is 11.8 Å². The fourth-order valence-corrected chi connectivity index (χ4v) is 5.54. The number of unbranched alkanes of at least 4 members (excludes halogenated alkanes) is 1. The van der Waals surface area contributed by atoms with Gasteiger partial charge >= 0.3 is 0 Å². The van der Waals surface area contributed by atoms with Crippen LogP contribution >= 0.6 is 0 Å². The van der Waals surface area contributed by atoms with Gasteiger partial charge in [-0.1, -0.05) is 60.7 Å². The summed E-state index contributed by atoms with van der Waals surface area (Å²) in [5.74, 6) is -0.810. The number of aliphatic hydroxyl groups is 2. The standard InChI is InChI=1S/C33H42N8O5/c1-4-34-31(44)27-25(42)26(43)33(46-27)41-20-37-24-28(38-29(39-30(24)41)32(45)35-17-11-12-18-40(2)3)36-19-23(21-13-7-5-8-14-21)22-15-9-6-10-16-22/h5-10,13-16,20,23,25-27,33,42-43H,4,11-12,17-19H2,1-3H3,(H,34,44)(H,35,45)(H,36,38,39)/t25-,26+,27-,33+/m0/s1. The van der Waals surface area contributed by atoms with Crippen LogP contribution in [0.2, 0.25) is 0 Å². The Morgan fingerprint density at radius 1 is 0.957 bits per heavy atom. The summed E-state index contributed by atoms with van der Waals surface area (Å²) in [6.45, 7) is 3.87. The van der Waals surface area contributed by atoms with Crippen LogP contribution in [-0.4, -0.2) is 105 Å². The number of amides is 2. The summed E-state index contributed by atoms with van der Waals surface area (Å²) >= 11 is 0. The van der Waals surface area contributed by atoms with Crippen molar-refractivity contribution in [3.63, 3.8) is 0 Å². The summed E-state index contributed by atoms with van der Waals surface area (Å²) in [4.78, 5) is 41.6. The first-order valence-corrected chi connectivity index (χ1v) is 15.6. The van der Waals surface area contributed by atoms with Gasteiger partial charge in [0.2, 0.25) is 5.82 Å². The zero-order chi connectivity index (χ0) is 32.6. The maximum Gasteiger partial charge on any atom is 0.289 e. The van der Waals surface area contributed by atoms with Crippen LogP contribution in [0.5, 0.6) is 0 Å². The minimum atomic E-state index is -1.48. The average molecular weight is 631 g/mol. The molecular weight excluding hydrogens is 588 g/mol. The SMILES string of the molecule is CCNC(=O)[C@H]1O[C@@H](n2cnc3c(NCC(c4ccccc4)c4ccccc4)nc(C(=O)NCCCCN(C)C)nc32)[C@H](O)[C@@H]1O. The van der Waals surface area contributed by atoms with Gasteiger partial charge in [0.05, 0.1) is 6.33 Å². The van der Waals surface area contributed by atoms with Crippen molar-refractivity contribution in [1.29, 1.82) is 0 Å². The van der Waals surface area contributed by atoms with E-state index in [9.17, 15) is 19.8 Å². The van der Waals surface area contributed by atoms with E-state index in [1.807, 2.05) is 50.5 Å². The van der Waals surface area contributed by atoms with Gasteiger partial charge in [-0.15, -0.1) is 0 Å². The van der Waals surface area contributed by atoms with E-state index in [2.05, 4.69) is 60.1 Å². The number of imidazole rings is 1. The average Bonchev–Trinajstić information content (AvgIpc) is 3.62. The normalized spacial score (nSPS) is 19.5. The number of hydrogen-bond donors (Lipinski definition) is 5. The Hall–Kier alpha value is -4.43. The zero-order valence-electron chi connectivity index (χ0n) is 26.3. The molecule has 3 heterocycles. The number of aliphatic hydroxyl groups excluding tert-OH is 2. The topological polar surface area (TPSA) is 167 Å². The number of benzene rings is 2. The lowest BCUT2D eigenvalue weighted by Crippen LogP contribution is -2.42. The Kier molecular flexibility index (Phi) is 10.9. The molecule has 2 aromatic heterocycles. The molecule has 5 rings (SSSR count). The molecule has 13 nitrogen and oxygen atoms in total. The predicted molar refractivity (Wildman–Crippen MR) is 173 cm³/mol. The van der Waals surface area contributed by atoms with Gasteiger partial charge < -0.3 is 35.8 Å². The highest BCUT2D eigenvalue weighted by Gasteiger charge is 2.47. The Balaban J connectivity index is 1.47. The number of carbonyl (C=O) groups excluding carboxylic acids is 2. The molecule has 1 aliphatic rings. The summed E-state index contributed by atoms with van der Waals surface area (Å²) < 4.78 is 7.27. The van der Waals surface area contributed by atoms with Crippen LogP contribution in [0.4, 0.5) is 5.82 Å². The second-order valence-corrected chi connectivity index (χ2v) is 11.6. The predicted octanol–water partition coefficient (Wildman–Crippen LogP) is 1.90. The molecule has 244 valence electrons. The molecule has 1 saturated heterocycles. The molecule has 46 heavy (non-hydrogen) atoms. The van der Waals surface area contributed by atoms with Gasteiger partial charge in [-0.3, -0.25) is 14.2 Å².